The summed E-state index contributed by atoms with van der Waals surface area (Å²) in [6.45, 7) is 5.27. The molecule has 0 fully saturated rings. The van der Waals surface area contributed by atoms with E-state index in [2.05, 4.69) is 21.2 Å². The molecule has 116 valence electrons. The number of carbonyl (C=O) groups is 2. The van der Waals surface area contributed by atoms with E-state index in [-0.39, 0.29) is 6.42 Å². The number of rotatable bonds is 5. The smallest absolute Gasteiger partial charge is 0.407 e. The topological polar surface area (TPSA) is 75.6 Å². The van der Waals surface area contributed by atoms with Crippen molar-refractivity contribution in [3.63, 3.8) is 0 Å². The number of amides is 1. The third-order valence-corrected chi connectivity index (χ3v) is 3.01. The van der Waals surface area contributed by atoms with Crippen molar-refractivity contribution in [1.29, 1.82) is 0 Å². The van der Waals surface area contributed by atoms with Crippen molar-refractivity contribution in [1.82, 2.24) is 5.32 Å². The molecule has 0 saturated carbocycles. The number of carbonyl (C=O) groups excluding carboxylic acids is 1. The van der Waals surface area contributed by atoms with Crippen molar-refractivity contribution in [2.75, 3.05) is 0 Å². The van der Waals surface area contributed by atoms with E-state index in [9.17, 15) is 9.59 Å². The Morgan fingerprint density at radius 2 is 2.05 bits per heavy atom. The minimum Gasteiger partial charge on any atom is -0.481 e. The van der Waals surface area contributed by atoms with Crippen LogP contribution < -0.4 is 5.32 Å². The maximum atomic E-state index is 11.8. The van der Waals surface area contributed by atoms with Crippen LogP contribution in [0.4, 0.5) is 4.79 Å². The van der Waals surface area contributed by atoms with Gasteiger partial charge < -0.3 is 15.2 Å². The van der Waals surface area contributed by atoms with Crippen LogP contribution in [0.1, 0.15) is 32.8 Å². The molecule has 1 aromatic carbocycles. The summed E-state index contributed by atoms with van der Waals surface area (Å²) in [4.78, 5) is 22.7. The van der Waals surface area contributed by atoms with Crippen LogP contribution in [-0.2, 0) is 16.0 Å². The second kappa shape index (κ2) is 7.45. The molecule has 0 aromatic heterocycles. The van der Waals surface area contributed by atoms with Crippen LogP contribution in [0, 0.1) is 0 Å². The number of benzene rings is 1. The zero-order chi connectivity index (χ0) is 16.0. The third kappa shape index (κ3) is 7.70. The summed E-state index contributed by atoms with van der Waals surface area (Å²) in [6, 6.07) is 7.01. The number of aliphatic carboxylic acids is 1. The Hall–Kier alpha value is -1.56. The standard InChI is InChI=1S/C15H20BrNO4/c1-15(2,3)21-14(20)17-12(9-13(18)19)8-10-5-4-6-11(16)7-10/h4-7,12H,8-9H2,1-3H3,(H,17,20)(H,18,19)/t12-/m1/s1. The molecule has 6 heteroatoms. The largest absolute Gasteiger partial charge is 0.481 e. The molecule has 0 aliphatic heterocycles. The predicted octanol–water partition coefficient (Wildman–Crippen LogP) is 3.36. The number of nitrogens with one attached hydrogen (secondary N) is 1. The van der Waals surface area contributed by atoms with Gasteiger partial charge in [0.05, 0.1) is 6.42 Å². The number of alkyl carbamates (subject to hydrolysis) is 1. The Morgan fingerprint density at radius 3 is 2.57 bits per heavy atom. The van der Waals surface area contributed by atoms with Gasteiger partial charge in [0.25, 0.3) is 0 Å². The molecule has 0 bridgehead atoms. The zero-order valence-corrected chi connectivity index (χ0v) is 13.9. The molecule has 0 aliphatic rings. The lowest BCUT2D eigenvalue weighted by atomic mass is 10.0. The van der Waals surface area contributed by atoms with Gasteiger partial charge in [-0.1, -0.05) is 28.1 Å². The van der Waals surface area contributed by atoms with Crippen LogP contribution in [-0.4, -0.2) is 28.8 Å². The number of ether oxygens (including phenoxy) is 1. The molecule has 2 N–H and O–H groups in total. The SMILES string of the molecule is CC(C)(C)OC(=O)N[C@@H](CC(=O)O)Cc1cccc(Br)c1. The molecule has 0 aliphatic carbocycles. The Kier molecular flexibility index (Phi) is 6.20. The highest BCUT2D eigenvalue weighted by molar-refractivity contribution is 9.10. The zero-order valence-electron chi connectivity index (χ0n) is 12.4. The van der Waals surface area contributed by atoms with E-state index in [1.165, 1.54) is 0 Å². The monoisotopic (exact) mass is 357 g/mol. The van der Waals surface area contributed by atoms with Crippen LogP contribution in [0.25, 0.3) is 0 Å². The normalized spacial score (nSPS) is 12.6. The quantitative estimate of drug-likeness (QED) is 0.846. The van der Waals surface area contributed by atoms with Gasteiger partial charge in [-0.05, 0) is 44.9 Å². The van der Waals surface area contributed by atoms with Crippen molar-refractivity contribution in [3.05, 3.63) is 34.3 Å². The first-order valence-corrected chi connectivity index (χ1v) is 7.41. The Labute approximate surface area is 132 Å². The number of carboxylic acid groups (broad SMARTS) is 1. The summed E-state index contributed by atoms with van der Waals surface area (Å²) in [5.41, 5.74) is 0.319. The highest BCUT2D eigenvalue weighted by Gasteiger charge is 2.21. The van der Waals surface area contributed by atoms with Gasteiger partial charge in [-0.15, -0.1) is 0 Å². The van der Waals surface area contributed by atoms with Gasteiger partial charge in [0, 0.05) is 10.5 Å². The number of halogens is 1. The van der Waals surface area contributed by atoms with E-state index in [0.29, 0.717) is 6.42 Å². The first kappa shape index (κ1) is 17.5. The second-order valence-electron chi connectivity index (χ2n) is 5.78. The summed E-state index contributed by atoms with van der Waals surface area (Å²) in [7, 11) is 0. The van der Waals surface area contributed by atoms with Gasteiger partial charge >= 0.3 is 12.1 Å². The first-order chi connectivity index (χ1) is 9.65. The van der Waals surface area contributed by atoms with E-state index in [4.69, 9.17) is 9.84 Å². The number of hydrogen-bond acceptors (Lipinski definition) is 3. The van der Waals surface area contributed by atoms with Gasteiger partial charge in [0.1, 0.15) is 5.60 Å². The van der Waals surface area contributed by atoms with Gasteiger partial charge in [0.15, 0.2) is 0 Å². The van der Waals surface area contributed by atoms with Crippen LogP contribution >= 0.6 is 15.9 Å². The average Bonchev–Trinajstić information content (AvgIpc) is 2.24. The Balaban J connectivity index is 2.72. The van der Waals surface area contributed by atoms with E-state index < -0.39 is 23.7 Å². The summed E-state index contributed by atoms with van der Waals surface area (Å²) >= 11 is 3.37. The average molecular weight is 358 g/mol. The molecular weight excluding hydrogens is 338 g/mol. The van der Waals surface area contributed by atoms with Crippen LogP contribution in [0.3, 0.4) is 0 Å². The first-order valence-electron chi connectivity index (χ1n) is 6.61. The summed E-state index contributed by atoms with van der Waals surface area (Å²) in [5.74, 6) is -0.967. The fourth-order valence-electron chi connectivity index (χ4n) is 1.81. The van der Waals surface area contributed by atoms with Crippen LogP contribution in [0.15, 0.2) is 28.7 Å². The Bertz CT molecular complexity index is 511. The molecule has 0 unspecified atom stereocenters. The molecular formula is C15H20BrNO4. The molecule has 21 heavy (non-hydrogen) atoms. The van der Waals surface area contributed by atoms with E-state index in [0.717, 1.165) is 10.0 Å². The third-order valence-electron chi connectivity index (χ3n) is 2.51. The lowest BCUT2D eigenvalue weighted by Crippen LogP contribution is -2.41. The highest BCUT2D eigenvalue weighted by Crippen LogP contribution is 2.15. The molecule has 0 heterocycles. The maximum absolute atomic E-state index is 11.8. The van der Waals surface area contributed by atoms with Crippen molar-refractivity contribution < 1.29 is 19.4 Å². The molecule has 0 saturated heterocycles. The van der Waals surface area contributed by atoms with E-state index in [1.807, 2.05) is 24.3 Å². The summed E-state index contributed by atoms with van der Waals surface area (Å²) in [5, 5.41) is 11.6. The molecule has 1 rings (SSSR count). The molecule has 0 spiro atoms. The predicted molar refractivity (Wildman–Crippen MR) is 83.3 cm³/mol. The molecule has 0 radical (unpaired) electrons. The van der Waals surface area contributed by atoms with Crippen molar-refractivity contribution >= 4 is 28.0 Å². The van der Waals surface area contributed by atoms with Gasteiger partial charge in [-0.3, -0.25) is 4.79 Å². The van der Waals surface area contributed by atoms with Crippen molar-refractivity contribution in [2.24, 2.45) is 0 Å². The fraction of sp³-hybridized carbons (Fsp3) is 0.467. The van der Waals surface area contributed by atoms with Crippen molar-refractivity contribution in [3.8, 4) is 0 Å². The van der Waals surface area contributed by atoms with Gasteiger partial charge in [-0.25, -0.2) is 4.79 Å². The van der Waals surface area contributed by atoms with Gasteiger partial charge in [0.2, 0.25) is 0 Å². The minimum atomic E-state index is -0.967. The van der Waals surface area contributed by atoms with Crippen LogP contribution in [0.2, 0.25) is 0 Å². The second-order valence-corrected chi connectivity index (χ2v) is 6.69. The Morgan fingerprint density at radius 1 is 1.38 bits per heavy atom. The van der Waals surface area contributed by atoms with E-state index in [1.54, 1.807) is 20.8 Å². The lowest BCUT2D eigenvalue weighted by Gasteiger charge is -2.23. The maximum Gasteiger partial charge on any atom is 0.407 e. The van der Waals surface area contributed by atoms with Crippen molar-refractivity contribution in [2.45, 2.75) is 45.3 Å². The molecule has 1 atom stereocenters. The molecule has 5 nitrogen and oxygen atoms in total. The van der Waals surface area contributed by atoms with E-state index >= 15 is 0 Å². The van der Waals surface area contributed by atoms with Crippen LogP contribution in [0.5, 0.6) is 0 Å². The summed E-state index contributed by atoms with van der Waals surface area (Å²) < 4.78 is 6.07. The number of hydrogen-bond donors (Lipinski definition) is 2. The molecule has 1 amide bonds. The highest BCUT2D eigenvalue weighted by atomic mass is 79.9. The number of carboxylic acids is 1. The minimum absolute atomic E-state index is 0.161. The van der Waals surface area contributed by atoms with Gasteiger partial charge in [-0.2, -0.15) is 0 Å². The lowest BCUT2D eigenvalue weighted by molar-refractivity contribution is -0.137. The fourth-order valence-corrected chi connectivity index (χ4v) is 2.25. The summed E-state index contributed by atoms with van der Waals surface area (Å²) in [6.07, 6.45) is -0.347. The molecule has 1 aromatic rings.